The number of Topliss-reactive ketones (excluding diaryl/α,β-unsaturated/α-hetero) is 1. The average Bonchev–Trinajstić information content (AvgIpc) is 2.99. The molecule has 2 aliphatic rings. The van der Waals surface area contributed by atoms with Crippen LogP contribution in [0.3, 0.4) is 0 Å². The maximum Gasteiger partial charge on any atom is 0.176 e. The SMILES string of the molecule is O=C(CNC1CC2CCC1C2)c1ccccc1. The highest BCUT2D eigenvalue weighted by molar-refractivity contribution is 5.97. The summed E-state index contributed by atoms with van der Waals surface area (Å²) in [7, 11) is 0. The van der Waals surface area contributed by atoms with Gasteiger partial charge in [-0.25, -0.2) is 0 Å². The van der Waals surface area contributed by atoms with Gasteiger partial charge in [0, 0.05) is 11.6 Å². The summed E-state index contributed by atoms with van der Waals surface area (Å²) in [5.41, 5.74) is 0.822. The van der Waals surface area contributed by atoms with E-state index < -0.39 is 0 Å². The van der Waals surface area contributed by atoms with Crippen LogP contribution in [0.1, 0.15) is 36.0 Å². The predicted octanol–water partition coefficient (Wildman–Crippen LogP) is 2.65. The Morgan fingerprint density at radius 1 is 1.18 bits per heavy atom. The zero-order valence-corrected chi connectivity index (χ0v) is 10.1. The fourth-order valence-electron chi connectivity index (χ4n) is 3.44. The molecule has 0 heterocycles. The van der Waals surface area contributed by atoms with Crippen molar-refractivity contribution in [2.45, 2.75) is 31.7 Å². The van der Waals surface area contributed by atoms with Gasteiger partial charge in [0.15, 0.2) is 5.78 Å². The smallest absolute Gasteiger partial charge is 0.176 e. The van der Waals surface area contributed by atoms with Gasteiger partial charge in [-0.1, -0.05) is 36.8 Å². The number of ketones is 1. The molecule has 0 saturated heterocycles. The first-order chi connectivity index (χ1) is 8.33. The van der Waals surface area contributed by atoms with Gasteiger partial charge in [0.05, 0.1) is 6.54 Å². The van der Waals surface area contributed by atoms with Crippen LogP contribution in [0.25, 0.3) is 0 Å². The second-order valence-corrected chi connectivity index (χ2v) is 5.45. The maximum atomic E-state index is 11.9. The highest BCUT2D eigenvalue weighted by atomic mass is 16.1. The van der Waals surface area contributed by atoms with Gasteiger partial charge < -0.3 is 5.32 Å². The summed E-state index contributed by atoms with van der Waals surface area (Å²) in [5.74, 6) is 1.99. The van der Waals surface area contributed by atoms with Gasteiger partial charge in [-0.3, -0.25) is 4.79 Å². The highest BCUT2D eigenvalue weighted by Crippen LogP contribution is 2.44. The molecular formula is C15H19NO. The van der Waals surface area contributed by atoms with Crippen molar-refractivity contribution < 1.29 is 4.79 Å². The number of rotatable bonds is 4. The van der Waals surface area contributed by atoms with Crippen molar-refractivity contribution in [2.24, 2.45) is 11.8 Å². The van der Waals surface area contributed by atoms with E-state index in [4.69, 9.17) is 0 Å². The Balaban J connectivity index is 1.53. The van der Waals surface area contributed by atoms with Gasteiger partial charge in [-0.15, -0.1) is 0 Å². The zero-order valence-electron chi connectivity index (χ0n) is 10.1. The lowest BCUT2D eigenvalue weighted by Gasteiger charge is -2.22. The second-order valence-electron chi connectivity index (χ2n) is 5.45. The second kappa shape index (κ2) is 4.61. The summed E-state index contributed by atoms with van der Waals surface area (Å²) in [5, 5.41) is 3.46. The van der Waals surface area contributed by atoms with Gasteiger partial charge in [0.2, 0.25) is 0 Å². The van der Waals surface area contributed by atoms with Gasteiger partial charge in [0.1, 0.15) is 0 Å². The molecule has 2 fully saturated rings. The Bertz CT molecular complexity index is 401. The fourth-order valence-corrected chi connectivity index (χ4v) is 3.44. The number of hydrogen-bond acceptors (Lipinski definition) is 2. The van der Waals surface area contributed by atoms with Crippen LogP contribution in [-0.4, -0.2) is 18.4 Å². The number of nitrogens with one attached hydrogen (secondary N) is 1. The molecule has 90 valence electrons. The lowest BCUT2D eigenvalue weighted by molar-refractivity contribution is 0.0983. The molecule has 17 heavy (non-hydrogen) atoms. The number of benzene rings is 1. The number of hydrogen-bond donors (Lipinski definition) is 1. The lowest BCUT2D eigenvalue weighted by Crippen LogP contribution is -2.37. The monoisotopic (exact) mass is 229 g/mol. The summed E-state index contributed by atoms with van der Waals surface area (Å²) in [6.07, 6.45) is 5.45. The largest absolute Gasteiger partial charge is 0.307 e. The molecule has 2 heteroatoms. The van der Waals surface area contributed by atoms with E-state index >= 15 is 0 Å². The minimum Gasteiger partial charge on any atom is -0.307 e. The Morgan fingerprint density at radius 3 is 2.65 bits per heavy atom. The first kappa shape index (κ1) is 11.0. The third-order valence-corrected chi connectivity index (χ3v) is 4.36. The normalized spacial score (nSPS) is 30.7. The Labute approximate surface area is 102 Å². The first-order valence-corrected chi connectivity index (χ1v) is 6.64. The summed E-state index contributed by atoms with van der Waals surface area (Å²) >= 11 is 0. The Hall–Kier alpha value is -1.15. The Morgan fingerprint density at radius 2 is 2.00 bits per heavy atom. The third kappa shape index (κ3) is 2.27. The molecule has 1 aromatic rings. The van der Waals surface area contributed by atoms with Crippen LogP contribution in [0.2, 0.25) is 0 Å². The van der Waals surface area contributed by atoms with Crippen molar-refractivity contribution in [2.75, 3.05) is 6.54 Å². The predicted molar refractivity (Wildman–Crippen MR) is 68.0 cm³/mol. The quantitative estimate of drug-likeness (QED) is 0.804. The van der Waals surface area contributed by atoms with E-state index in [0.717, 1.165) is 17.4 Å². The van der Waals surface area contributed by atoms with Crippen molar-refractivity contribution in [1.29, 1.82) is 0 Å². The average molecular weight is 229 g/mol. The number of carbonyl (C=O) groups excluding carboxylic acids is 1. The standard InChI is InChI=1S/C15H19NO/c17-15(12-4-2-1-3-5-12)10-16-14-9-11-6-7-13(14)8-11/h1-5,11,13-14,16H,6-10H2. The van der Waals surface area contributed by atoms with Gasteiger partial charge in [-0.05, 0) is 31.1 Å². The molecule has 0 radical (unpaired) electrons. The molecule has 0 spiro atoms. The zero-order chi connectivity index (χ0) is 11.7. The molecule has 0 aliphatic heterocycles. The van der Waals surface area contributed by atoms with E-state index in [-0.39, 0.29) is 5.78 Å². The van der Waals surface area contributed by atoms with Crippen molar-refractivity contribution in [3.63, 3.8) is 0 Å². The van der Waals surface area contributed by atoms with Crippen molar-refractivity contribution in [1.82, 2.24) is 5.32 Å². The summed E-state index contributed by atoms with van der Waals surface area (Å²) in [6, 6.07) is 10.2. The number of fused-ring (bicyclic) bond motifs is 2. The highest BCUT2D eigenvalue weighted by Gasteiger charge is 2.39. The molecule has 1 N–H and O–H groups in total. The van der Waals surface area contributed by atoms with Crippen LogP contribution >= 0.6 is 0 Å². The number of carbonyl (C=O) groups is 1. The van der Waals surface area contributed by atoms with Crippen LogP contribution < -0.4 is 5.32 Å². The summed E-state index contributed by atoms with van der Waals surface area (Å²) in [6.45, 7) is 0.498. The van der Waals surface area contributed by atoms with Crippen LogP contribution in [-0.2, 0) is 0 Å². The van der Waals surface area contributed by atoms with Crippen molar-refractivity contribution in [3.05, 3.63) is 35.9 Å². The molecule has 2 saturated carbocycles. The van der Waals surface area contributed by atoms with E-state index in [1.807, 2.05) is 30.3 Å². The van der Waals surface area contributed by atoms with E-state index in [9.17, 15) is 4.79 Å². The third-order valence-electron chi connectivity index (χ3n) is 4.36. The fraction of sp³-hybridized carbons (Fsp3) is 0.533. The van der Waals surface area contributed by atoms with E-state index in [1.165, 1.54) is 25.7 Å². The van der Waals surface area contributed by atoms with Crippen LogP contribution in [0.15, 0.2) is 30.3 Å². The van der Waals surface area contributed by atoms with Gasteiger partial charge in [-0.2, -0.15) is 0 Å². The maximum absolute atomic E-state index is 11.9. The van der Waals surface area contributed by atoms with E-state index in [2.05, 4.69) is 5.32 Å². The van der Waals surface area contributed by atoms with Crippen molar-refractivity contribution in [3.8, 4) is 0 Å². The van der Waals surface area contributed by atoms with Crippen LogP contribution in [0.5, 0.6) is 0 Å². The molecule has 2 bridgehead atoms. The van der Waals surface area contributed by atoms with Crippen LogP contribution in [0.4, 0.5) is 0 Å². The first-order valence-electron chi connectivity index (χ1n) is 6.64. The lowest BCUT2D eigenvalue weighted by atomic mass is 9.95. The minimum atomic E-state index is 0.216. The molecule has 0 aromatic heterocycles. The molecule has 3 unspecified atom stereocenters. The van der Waals surface area contributed by atoms with E-state index in [0.29, 0.717) is 12.6 Å². The summed E-state index contributed by atoms with van der Waals surface area (Å²) in [4.78, 5) is 11.9. The molecule has 3 rings (SSSR count). The summed E-state index contributed by atoms with van der Waals surface area (Å²) < 4.78 is 0. The molecular weight excluding hydrogens is 210 g/mol. The molecule has 3 atom stereocenters. The molecule has 2 nitrogen and oxygen atoms in total. The van der Waals surface area contributed by atoms with Crippen molar-refractivity contribution >= 4 is 5.78 Å². The van der Waals surface area contributed by atoms with Crippen LogP contribution in [0, 0.1) is 11.8 Å². The van der Waals surface area contributed by atoms with E-state index in [1.54, 1.807) is 0 Å². The van der Waals surface area contributed by atoms with Gasteiger partial charge >= 0.3 is 0 Å². The minimum absolute atomic E-state index is 0.216. The molecule has 1 aromatic carbocycles. The topological polar surface area (TPSA) is 29.1 Å². The Kier molecular flexibility index (Phi) is 2.98. The van der Waals surface area contributed by atoms with Gasteiger partial charge in [0.25, 0.3) is 0 Å². The molecule has 2 aliphatic carbocycles. The molecule has 0 amide bonds.